The molecule has 0 spiro atoms. The summed E-state index contributed by atoms with van der Waals surface area (Å²) in [6.07, 6.45) is 1.92. The van der Waals surface area contributed by atoms with Gasteiger partial charge in [0.1, 0.15) is 11.5 Å². The normalized spacial score (nSPS) is 22.8. The molecule has 104 valence electrons. The predicted octanol–water partition coefficient (Wildman–Crippen LogP) is 1.73. The Hall–Kier alpha value is -1.75. The summed E-state index contributed by atoms with van der Waals surface area (Å²) >= 11 is 0. The van der Waals surface area contributed by atoms with Gasteiger partial charge in [-0.2, -0.15) is 0 Å². The third-order valence-corrected chi connectivity index (χ3v) is 3.45. The number of hydrogen-bond acceptors (Lipinski definition) is 4. The second kappa shape index (κ2) is 5.93. The van der Waals surface area contributed by atoms with Gasteiger partial charge in [-0.1, -0.05) is 6.92 Å². The Labute approximate surface area is 113 Å². The molecule has 0 radical (unpaired) electrons. The van der Waals surface area contributed by atoms with Crippen LogP contribution in [0.2, 0.25) is 0 Å². The van der Waals surface area contributed by atoms with Gasteiger partial charge in [-0.05, 0) is 37.4 Å². The van der Waals surface area contributed by atoms with Crippen molar-refractivity contribution in [1.29, 1.82) is 0 Å². The minimum atomic E-state index is -0.190. The van der Waals surface area contributed by atoms with E-state index in [1.54, 1.807) is 12.1 Å². The fourth-order valence-corrected chi connectivity index (χ4v) is 2.27. The lowest BCUT2D eigenvalue weighted by Crippen LogP contribution is -2.45. The second-order valence-corrected chi connectivity index (χ2v) is 5.01. The average molecular weight is 264 g/mol. The van der Waals surface area contributed by atoms with Crippen LogP contribution in [0, 0.1) is 5.92 Å². The van der Waals surface area contributed by atoms with E-state index in [1.165, 1.54) is 13.2 Å². The molecule has 1 fully saturated rings. The number of carbonyl (C=O) groups excluding carboxylic acids is 1. The Morgan fingerprint density at radius 2 is 2.32 bits per heavy atom. The first-order chi connectivity index (χ1) is 9.10. The summed E-state index contributed by atoms with van der Waals surface area (Å²) in [4.78, 5) is 12.1. The fourth-order valence-electron chi connectivity index (χ4n) is 2.27. The molecule has 5 heteroatoms. The topological polar surface area (TPSA) is 70.6 Å². The Kier molecular flexibility index (Phi) is 4.27. The van der Waals surface area contributed by atoms with Gasteiger partial charge >= 0.3 is 0 Å². The number of phenolic OH excluding ortho intramolecular Hbond substituents is 1. The molecule has 1 aliphatic rings. The standard InChI is InChI=1S/C14H20N2O3/c1-9-5-6-15-12(7-9)14(18)16-11-4-3-10(19-2)8-13(11)17/h3-4,8-9,12,15,17H,5-7H2,1-2H3,(H,16,18). The number of hydrogen-bond donors (Lipinski definition) is 3. The highest BCUT2D eigenvalue weighted by molar-refractivity contribution is 5.96. The van der Waals surface area contributed by atoms with Crippen LogP contribution in [0.5, 0.6) is 11.5 Å². The maximum Gasteiger partial charge on any atom is 0.241 e. The number of methoxy groups -OCH3 is 1. The van der Waals surface area contributed by atoms with Crippen LogP contribution in [0.4, 0.5) is 5.69 Å². The monoisotopic (exact) mass is 264 g/mol. The maximum atomic E-state index is 12.1. The van der Waals surface area contributed by atoms with E-state index in [0.717, 1.165) is 19.4 Å². The molecule has 1 saturated heterocycles. The molecule has 0 aromatic heterocycles. The summed E-state index contributed by atoms with van der Waals surface area (Å²) in [5, 5.41) is 15.7. The molecule has 0 aliphatic carbocycles. The number of piperidine rings is 1. The van der Waals surface area contributed by atoms with E-state index in [2.05, 4.69) is 17.6 Å². The van der Waals surface area contributed by atoms with Crippen molar-refractivity contribution in [2.24, 2.45) is 5.92 Å². The van der Waals surface area contributed by atoms with Crippen LogP contribution in [0.1, 0.15) is 19.8 Å². The van der Waals surface area contributed by atoms with Gasteiger partial charge in [0.2, 0.25) is 5.91 Å². The number of aromatic hydroxyl groups is 1. The Morgan fingerprint density at radius 3 is 2.95 bits per heavy atom. The predicted molar refractivity (Wildman–Crippen MR) is 73.5 cm³/mol. The van der Waals surface area contributed by atoms with Crippen molar-refractivity contribution in [3.63, 3.8) is 0 Å². The van der Waals surface area contributed by atoms with Gasteiger partial charge in [0.25, 0.3) is 0 Å². The lowest BCUT2D eigenvalue weighted by molar-refractivity contribution is -0.119. The molecule has 19 heavy (non-hydrogen) atoms. The van der Waals surface area contributed by atoms with Crippen molar-refractivity contribution in [3.8, 4) is 11.5 Å². The van der Waals surface area contributed by atoms with Gasteiger partial charge in [-0.25, -0.2) is 0 Å². The number of rotatable bonds is 3. The van der Waals surface area contributed by atoms with Crippen LogP contribution in [0.15, 0.2) is 18.2 Å². The average Bonchev–Trinajstić information content (AvgIpc) is 2.41. The second-order valence-electron chi connectivity index (χ2n) is 5.01. The minimum absolute atomic E-state index is 0.0107. The molecule has 2 atom stereocenters. The smallest absolute Gasteiger partial charge is 0.241 e. The summed E-state index contributed by atoms with van der Waals surface area (Å²) in [5.41, 5.74) is 0.408. The fraction of sp³-hybridized carbons (Fsp3) is 0.500. The van der Waals surface area contributed by atoms with Gasteiger partial charge < -0.3 is 20.5 Å². The zero-order chi connectivity index (χ0) is 13.8. The molecule has 3 N–H and O–H groups in total. The van der Waals surface area contributed by atoms with Gasteiger partial charge in [0.15, 0.2) is 0 Å². The van der Waals surface area contributed by atoms with Crippen LogP contribution < -0.4 is 15.4 Å². The summed E-state index contributed by atoms with van der Waals surface area (Å²) in [6, 6.07) is 4.63. The SMILES string of the molecule is COc1ccc(NC(=O)C2CC(C)CCN2)c(O)c1. The van der Waals surface area contributed by atoms with Gasteiger partial charge in [0, 0.05) is 6.07 Å². The highest BCUT2D eigenvalue weighted by Crippen LogP contribution is 2.28. The Morgan fingerprint density at radius 1 is 1.53 bits per heavy atom. The molecular weight excluding hydrogens is 244 g/mol. The van der Waals surface area contributed by atoms with Crippen LogP contribution in [0.25, 0.3) is 0 Å². The first-order valence-corrected chi connectivity index (χ1v) is 6.51. The zero-order valence-corrected chi connectivity index (χ0v) is 11.3. The van der Waals surface area contributed by atoms with Gasteiger partial charge in [-0.15, -0.1) is 0 Å². The van der Waals surface area contributed by atoms with Crippen molar-refractivity contribution < 1.29 is 14.6 Å². The first kappa shape index (κ1) is 13.7. The van der Waals surface area contributed by atoms with Gasteiger partial charge in [0.05, 0.1) is 18.8 Å². The van der Waals surface area contributed by atoms with Crippen molar-refractivity contribution >= 4 is 11.6 Å². The largest absolute Gasteiger partial charge is 0.506 e. The van der Waals surface area contributed by atoms with E-state index < -0.39 is 0 Å². The highest BCUT2D eigenvalue weighted by atomic mass is 16.5. The summed E-state index contributed by atoms with van der Waals surface area (Å²) < 4.78 is 5.00. The molecule has 1 aliphatic heterocycles. The number of carbonyl (C=O) groups is 1. The summed E-state index contributed by atoms with van der Waals surface area (Å²) in [6.45, 7) is 3.00. The molecule has 1 heterocycles. The quantitative estimate of drug-likeness (QED) is 0.727. The molecule has 0 saturated carbocycles. The van der Waals surface area contributed by atoms with Crippen molar-refractivity contribution in [3.05, 3.63) is 18.2 Å². The number of phenols is 1. The Balaban J connectivity index is 2.02. The van der Waals surface area contributed by atoms with E-state index in [9.17, 15) is 9.90 Å². The number of amides is 1. The van der Waals surface area contributed by atoms with E-state index in [0.29, 0.717) is 17.4 Å². The molecule has 0 bridgehead atoms. The van der Waals surface area contributed by atoms with E-state index in [-0.39, 0.29) is 17.7 Å². The number of anilines is 1. The van der Waals surface area contributed by atoms with E-state index in [1.807, 2.05) is 0 Å². The summed E-state index contributed by atoms with van der Waals surface area (Å²) in [7, 11) is 1.53. The van der Waals surface area contributed by atoms with Crippen LogP contribution in [-0.4, -0.2) is 30.7 Å². The van der Waals surface area contributed by atoms with Crippen LogP contribution in [0.3, 0.4) is 0 Å². The first-order valence-electron chi connectivity index (χ1n) is 6.51. The van der Waals surface area contributed by atoms with E-state index >= 15 is 0 Å². The third kappa shape index (κ3) is 3.38. The molecule has 1 amide bonds. The number of benzene rings is 1. The van der Waals surface area contributed by atoms with Crippen LogP contribution in [-0.2, 0) is 4.79 Å². The van der Waals surface area contributed by atoms with E-state index in [4.69, 9.17) is 4.74 Å². The molecule has 5 nitrogen and oxygen atoms in total. The zero-order valence-electron chi connectivity index (χ0n) is 11.3. The van der Waals surface area contributed by atoms with Crippen molar-refractivity contribution in [2.45, 2.75) is 25.8 Å². The van der Waals surface area contributed by atoms with Crippen LogP contribution >= 0.6 is 0 Å². The molecule has 1 aromatic rings. The lowest BCUT2D eigenvalue weighted by Gasteiger charge is -2.27. The maximum absolute atomic E-state index is 12.1. The lowest BCUT2D eigenvalue weighted by atomic mass is 9.94. The summed E-state index contributed by atoms with van der Waals surface area (Å²) in [5.74, 6) is 1.00. The molecule has 1 aromatic carbocycles. The van der Waals surface area contributed by atoms with Gasteiger partial charge in [-0.3, -0.25) is 4.79 Å². The highest BCUT2D eigenvalue weighted by Gasteiger charge is 2.24. The third-order valence-electron chi connectivity index (χ3n) is 3.45. The molecule has 2 rings (SSSR count). The molecule has 2 unspecified atom stereocenters. The minimum Gasteiger partial charge on any atom is -0.506 e. The van der Waals surface area contributed by atoms with Crippen molar-refractivity contribution in [1.82, 2.24) is 5.32 Å². The number of ether oxygens (including phenoxy) is 1. The number of nitrogens with one attached hydrogen (secondary N) is 2. The Bertz CT molecular complexity index is 462. The van der Waals surface area contributed by atoms with Crippen molar-refractivity contribution in [2.75, 3.05) is 19.0 Å². The molecular formula is C14H20N2O3.